The molecular weight excluding hydrogens is 400 g/mol. The molecule has 0 saturated heterocycles. The molecule has 6 heteroatoms. The molecule has 0 bridgehead atoms. The van der Waals surface area contributed by atoms with Crippen LogP contribution in [0.15, 0.2) is 56.5 Å². The molecule has 0 aliphatic rings. The van der Waals surface area contributed by atoms with Gasteiger partial charge in [0.15, 0.2) is 0 Å². The molecule has 0 fully saturated rings. The smallest absolute Gasteiger partial charge is 0.271 e. The summed E-state index contributed by atoms with van der Waals surface area (Å²) >= 11 is 6.81. The van der Waals surface area contributed by atoms with E-state index in [0.717, 1.165) is 14.5 Å². The minimum absolute atomic E-state index is 0.264. The first-order chi connectivity index (χ1) is 10.1. The van der Waals surface area contributed by atoms with E-state index in [0.29, 0.717) is 11.3 Å². The van der Waals surface area contributed by atoms with E-state index in [1.807, 2.05) is 18.2 Å². The predicted octanol–water partition coefficient (Wildman–Crippen LogP) is 3.98. The lowest BCUT2D eigenvalue weighted by atomic mass is 10.2. The molecule has 1 N–H and O–H groups in total. The molecule has 2 aromatic carbocycles. The zero-order valence-electron chi connectivity index (χ0n) is 11.1. The van der Waals surface area contributed by atoms with Gasteiger partial charge in [0.2, 0.25) is 0 Å². The Labute approximate surface area is 139 Å². The maximum atomic E-state index is 11.8. The van der Waals surface area contributed by atoms with E-state index in [2.05, 4.69) is 42.4 Å². The summed E-state index contributed by atoms with van der Waals surface area (Å²) in [4.78, 5) is 11.8. The topological polar surface area (TPSA) is 50.7 Å². The van der Waals surface area contributed by atoms with E-state index in [9.17, 15) is 4.79 Å². The number of nitrogens with one attached hydrogen (secondary N) is 1. The fourth-order valence-electron chi connectivity index (χ4n) is 1.71. The molecular formula is C15H12Br2N2O2. The SMILES string of the molecule is COc1c(Br)cc(Br)cc1C=NNC(=O)c1ccccc1. The number of carbonyl (C=O) groups is 1. The van der Waals surface area contributed by atoms with Crippen molar-refractivity contribution in [3.63, 3.8) is 0 Å². The number of carbonyl (C=O) groups excluding carboxylic acids is 1. The van der Waals surface area contributed by atoms with Crippen molar-refractivity contribution in [3.05, 3.63) is 62.5 Å². The van der Waals surface area contributed by atoms with E-state index in [-0.39, 0.29) is 5.91 Å². The summed E-state index contributed by atoms with van der Waals surface area (Å²) in [5.74, 6) is 0.385. The van der Waals surface area contributed by atoms with Gasteiger partial charge in [-0.05, 0) is 40.2 Å². The lowest BCUT2D eigenvalue weighted by Crippen LogP contribution is -2.17. The van der Waals surface area contributed by atoms with Gasteiger partial charge >= 0.3 is 0 Å². The first-order valence-corrected chi connectivity index (χ1v) is 7.62. The first kappa shape index (κ1) is 15.7. The second kappa shape index (κ2) is 7.38. The number of hydrogen-bond donors (Lipinski definition) is 1. The van der Waals surface area contributed by atoms with Crippen LogP contribution < -0.4 is 10.2 Å². The minimum Gasteiger partial charge on any atom is -0.495 e. The van der Waals surface area contributed by atoms with Crippen LogP contribution in [0.1, 0.15) is 15.9 Å². The van der Waals surface area contributed by atoms with Crippen molar-refractivity contribution < 1.29 is 9.53 Å². The number of benzene rings is 2. The Balaban J connectivity index is 2.13. The molecule has 4 nitrogen and oxygen atoms in total. The Morgan fingerprint density at radius 3 is 2.62 bits per heavy atom. The maximum Gasteiger partial charge on any atom is 0.271 e. The van der Waals surface area contributed by atoms with Crippen LogP contribution in [0.25, 0.3) is 0 Å². The molecule has 2 aromatic rings. The van der Waals surface area contributed by atoms with Gasteiger partial charge in [0.05, 0.1) is 17.8 Å². The van der Waals surface area contributed by atoms with Crippen molar-refractivity contribution in [2.45, 2.75) is 0 Å². The highest BCUT2D eigenvalue weighted by atomic mass is 79.9. The normalized spacial score (nSPS) is 10.6. The van der Waals surface area contributed by atoms with Gasteiger partial charge in [0.25, 0.3) is 5.91 Å². The molecule has 0 radical (unpaired) electrons. The summed E-state index contributed by atoms with van der Waals surface area (Å²) in [5, 5.41) is 3.96. The van der Waals surface area contributed by atoms with Gasteiger partial charge in [0.1, 0.15) is 5.75 Å². The van der Waals surface area contributed by atoms with Crippen LogP contribution in [0.5, 0.6) is 5.75 Å². The van der Waals surface area contributed by atoms with Crippen LogP contribution in [0, 0.1) is 0 Å². The average molecular weight is 412 g/mol. The summed E-state index contributed by atoms with van der Waals surface area (Å²) in [5.41, 5.74) is 3.78. The molecule has 0 heterocycles. The van der Waals surface area contributed by atoms with Crippen LogP contribution in [0.4, 0.5) is 0 Å². The maximum absolute atomic E-state index is 11.8. The Morgan fingerprint density at radius 1 is 1.24 bits per heavy atom. The Bertz CT molecular complexity index is 673. The van der Waals surface area contributed by atoms with Crippen LogP contribution in [-0.4, -0.2) is 19.2 Å². The number of nitrogens with zero attached hydrogens (tertiary/aromatic N) is 1. The summed E-state index contributed by atoms with van der Waals surface area (Å²) < 4.78 is 6.98. The molecule has 0 atom stereocenters. The number of ether oxygens (including phenoxy) is 1. The highest BCUT2D eigenvalue weighted by Crippen LogP contribution is 2.31. The molecule has 0 saturated carbocycles. The molecule has 108 valence electrons. The standard InChI is InChI=1S/C15H12Br2N2O2/c1-21-14-11(7-12(16)8-13(14)17)9-18-19-15(20)10-5-3-2-4-6-10/h2-9H,1H3,(H,19,20). The summed E-state index contributed by atoms with van der Waals surface area (Å²) in [7, 11) is 1.58. The molecule has 1 amide bonds. The van der Waals surface area contributed by atoms with E-state index >= 15 is 0 Å². The van der Waals surface area contributed by atoms with Crippen LogP contribution in [-0.2, 0) is 0 Å². The quantitative estimate of drug-likeness (QED) is 0.610. The molecule has 0 aromatic heterocycles. The Hall–Kier alpha value is -1.66. The van der Waals surface area contributed by atoms with Crippen molar-refractivity contribution in [1.29, 1.82) is 0 Å². The van der Waals surface area contributed by atoms with Crippen molar-refractivity contribution in [1.82, 2.24) is 5.43 Å². The third-order valence-electron chi connectivity index (χ3n) is 2.65. The van der Waals surface area contributed by atoms with Gasteiger partial charge in [-0.2, -0.15) is 5.10 Å². The van der Waals surface area contributed by atoms with Crippen molar-refractivity contribution in [2.75, 3.05) is 7.11 Å². The van der Waals surface area contributed by atoms with Gasteiger partial charge in [-0.25, -0.2) is 5.43 Å². The first-order valence-electron chi connectivity index (χ1n) is 6.03. The lowest BCUT2D eigenvalue weighted by Gasteiger charge is -2.07. The van der Waals surface area contributed by atoms with Gasteiger partial charge < -0.3 is 4.74 Å². The largest absolute Gasteiger partial charge is 0.495 e. The summed E-state index contributed by atoms with van der Waals surface area (Å²) in [6, 6.07) is 12.6. The Morgan fingerprint density at radius 2 is 1.95 bits per heavy atom. The molecule has 21 heavy (non-hydrogen) atoms. The zero-order valence-corrected chi connectivity index (χ0v) is 14.3. The zero-order chi connectivity index (χ0) is 15.2. The number of hydrogen-bond acceptors (Lipinski definition) is 3. The van der Waals surface area contributed by atoms with Crippen LogP contribution >= 0.6 is 31.9 Å². The van der Waals surface area contributed by atoms with Gasteiger partial charge in [-0.3, -0.25) is 4.79 Å². The second-order valence-electron chi connectivity index (χ2n) is 4.08. The molecule has 0 unspecified atom stereocenters. The monoisotopic (exact) mass is 410 g/mol. The number of amides is 1. The third kappa shape index (κ3) is 4.15. The third-order valence-corrected chi connectivity index (χ3v) is 3.69. The number of methoxy groups -OCH3 is 1. The summed E-state index contributed by atoms with van der Waals surface area (Å²) in [6.45, 7) is 0. The fourth-order valence-corrected chi connectivity index (χ4v) is 3.13. The fraction of sp³-hybridized carbons (Fsp3) is 0.0667. The predicted molar refractivity (Wildman–Crippen MR) is 89.9 cm³/mol. The Kier molecular flexibility index (Phi) is 5.52. The van der Waals surface area contributed by atoms with Gasteiger partial charge in [-0.1, -0.05) is 34.1 Å². The molecule has 2 rings (SSSR count). The van der Waals surface area contributed by atoms with Gasteiger partial charge in [-0.15, -0.1) is 0 Å². The molecule has 0 aliphatic carbocycles. The highest BCUT2D eigenvalue weighted by molar-refractivity contribution is 9.11. The second-order valence-corrected chi connectivity index (χ2v) is 5.85. The van der Waals surface area contributed by atoms with E-state index in [1.165, 1.54) is 6.21 Å². The number of halogens is 2. The van der Waals surface area contributed by atoms with Crippen molar-refractivity contribution in [2.24, 2.45) is 5.10 Å². The molecule has 0 spiro atoms. The minimum atomic E-state index is -0.264. The van der Waals surface area contributed by atoms with Gasteiger partial charge in [0, 0.05) is 15.6 Å². The van der Waals surface area contributed by atoms with Crippen LogP contribution in [0.2, 0.25) is 0 Å². The van der Waals surface area contributed by atoms with Crippen molar-refractivity contribution >= 4 is 44.0 Å². The highest BCUT2D eigenvalue weighted by Gasteiger charge is 2.08. The van der Waals surface area contributed by atoms with Crippen LogP contribution in [0.3, 0.4) is 0 Å². The lowest BCUT2D eigenvalue weighted by molar-refractivity contribution is 0.0955. The van der Waals surface area contributed by atoms with Crippen molar-refractivity contribution in [3.8, 4) is 5.75 Å². The van der Waals surface area contributed by atoms with E-state index in [1.54, 1.807) is 31.4 Å². The van der Waals surface area contributed by atoms with E-state index in [4.69, 9.17) is 4.74 Å². The average Bonchev–Trinajstić information content (AvgIpc) is 2.47. The van der Waals surface area contributed by atoms with E-state index < -0.39 is 0 Å². The molecule has 0 aliphatic heterocycles. The number of hydrazone groups is 1. The summed E-state index contributed by atoms with van der Waals surface area (Å²) in [6.07, 6.45) is 1.54. The number of rotatable bonds is 4.